The third-order valence-electron chi connectivity index (χ3n) is 21.2. The first kappa shape index (κ1) is 107. The molecule has 0 amide bonds. The van der Waals surface area contributed by atoms with Crippen LogP contribution in [0.5, 0.6) is 28.9 Å². The van der Waals surface area contributed by atoms with Gasteiger partial charge in [-0.25, -0.2) is 0 Å². The summed E-state index contributed by atoms with van der Waals surface area (Å²) in [4.78, 5) is 133. The first-order valence-corrected chi connectivity index (χ1v) is 52.3. The third-order valence-corrected chi connectivity index (χ3v) is 32.9. The number of benzene rings is 4. The van der Waals surface area contributed by atoms with Crippen LogP contribution in [0.25, 0.3) is 41.8 Å². The predicted molar refractivity (Wildman–Crippen MR) is 569 cm³/mol. The maximum Gasteiger partial charge on any atom is 0.254 e. The lowest BCUT2D eigenvalue weighted by atomic mass is 10.1. The van der Waals surface area contributed by atoms with Gasteiger partial charge in [0.05, 0.1) is 123 Å². The fourth-order valence-corrected chi connectivity index (χ4v) is 22.1. The number of thiophene rings is 8. The van der Waals surface area contributed by atoms with Gasteiger partial charge in [0.15, 0.2) is 46.3 Å². The molecule has 0 aliphatic carbocycles. The van der Waals surface area contributed by atoms with Crippen LogP contribution in [-0.2, 0) is 32.7 Å². The molecule has 12 heterocycles. The number of hydrogen-bond donors (Lipinski definition) is 4. The zero-order chi connectivity index (χ0) is 101. The minimum atomic E-state index is -0.210. The quantitative estimate of drug-likeness (QED) is 0.0207. The molecule has 41 heteroatoms. The van der Waals surface area contributed by atoms with E-state index in [1.165, 1.54) is 70.0 Å². The molecule has 0 aliphatic heterocycles. The molecule has 724 valence electrons. The number of carbonyl (C=O) groups excluding carboxylic acids is 8. The third kappa shape index (κ3) is 28.1. The molecular weight excluding hydrogens is 2120 g/mol. The molecule has 0 radical (unpaired) electrons. The van der Waals surface area contributed by atoms with Crippen molar-refractivity contribution in [3.05, 3.63) is 316 Å². The van der Waals surface area contributed by atoms with Crippen molar-refractivity contribution in [1.82, 2.24) is 30.1 Å². The average molecular weight is 2200 g/mol. The van der Waals surface area contributed by atoms with Gasteiger partial charge in [-0.15, -0.1) is 90.7 Å². The number of carbonyl (C=O) groups is 8. The van der Waals surface area contributed by atoms with Crippen molar-refractivity contribution in [2.45, 2.75) is 86.0 Å². The maximum atomic E-state index is 12.7. The molecule has 0 saturated heterocycles. The summed E-state index contributed by atoms with van der Waals surface area (Å²) in [6.45, 7) is 8.57. The maximum absolute atomic E-state index is 12.7. The minimum absolute atomic E-state index is 0.0138. The van der Waals surface area contributed by atoms with E-state index in [1.54, 1.807) is 206 Å². The monoisotopic (exact) mass is 2200 g/mol. The number of aromatic nitrogens is 6. The number of Topliss-reactive ketones (excluding diaryl/α,β-unsaturated/α-hetero) is 8. The Labute approximate surface area is 879 Å². The van der Waals surface area contributed by atoms with Crippen LogP contribution in [0.3, 0.4) is 0 Å². The van der Waals surface area contributed by atoms with E-state index >= 15 is 0 Å². The van der Waals surface area contributed by atoms with Gasteiger partial charge in [-0.3, -0.25) is 73.0 Å². The second-order valence-electron chi connectivity index (χ2n) is 30.9. The topological polar surface area (TPSA) is 372 Å². The molecule has 0 bridgehead atoms. The molecule has 0 spiro atoms. The first-order valence-electron chi connectivity index (χ1n) is 42.4. The number of aryl methyl sites for hydroxylation is 6. The zero-order valence-electron chi connectivity index (χ0n) is 75.4. The summed E-state index contributed by atoms with van der Waals surface area (Å²) in [5, 5.41) is 65.1. The van der Waals surface area contributed by atoms with Gasteiger partial charge in [-0.1, -0.05) is 122 Å². The van der Waals surface area contributed by atoms with Crippen LogP contribution in [0, 0.1) is 6.92 Å². The van der Waals surface area contributed by atoms with Gasteiger partial charge in [0.2, 0.25) is 0 Å². The molecule has 0 saturated carbocycles. The Kier molecular flexibility index (Phi) is 37.9. The molecule has 4 N–H and O–H groups in total. The number of aromatic hydroxyl groups is 4. The largest absolute Gasteiger partial charge is 0.506 e. The van der Waals surface area contributed by atoms with Crippen LogP contribution >= 0.6 is 184 Å². The molecule has 0 atom stereocenters. The summed E-state index contributed by atoms with van der Waals surface area (Å²) in [5.74, 6) is 0.876. The molecule has 0 fully saturated rings. The Bertz CT molecular complexity index is 7440. The minimum Gasteiger partial charge on any atom is -0.506 e. The van der Waals surface area contributed by atoms with Gasteiger partial charge < -0.3 is 34.2 Å². The normalized spacial score (nSPS) is 11.7. The van der Waals surface area contributed by atoms with Crippen LogP contribution in [0.2, 0.25) is 40.2 Å². The lowest BCUT2D eigenvalue weighted by Crippen LogP contribution is -2.04. The average Bonchev–Trinajstić information content (AvgIpc) is 1.68. The van der Waals surface area contributed by atoms with Crippen molar-refractivity contribution in [3.8, 4) is 70.6 Å². The van der Waals surface area contributed by atoms with Gasteiger partial charge in [0.1, 0.15) is 60.7 Å². The molecule has 141 heavy (non-hydrogen) atoms. The van der Waals surface area contributed by atoms with Crippen molar-refractivity contribution < 1.29 is 72.6 Å². The SMILES string of the molecule is CC(=NCC(=O)c1ccc(C(=O)CCc2cc(C)n(C)n2)s1)c1csc(-c2ccc(Cl)c(Cl)c2)c1O.CC(=NCC(=O)c1ccc(C(=O)CCc2ccno2)s1)c1csc(-c2ccc(Cl)c(Cl)c2)c1O.CC(=NCC(=O)c1ccc(C(=O)CCc2cnccn2)s1)c1csc(-c2ccc(Cl)c(Cl)c2)c1O.COc1cc(CCC(=O)c2ccc(C(=O)CN=C(C)c3csc(-c4ccc(Cl)c(Cl)c4)c3O)s2)on1. The predicted octanol–water partition coefficient (Wildman–Crippen LogP) is 27.8. The lowest BCUT2D eigenvalue weighted by Gasteiger charge is -2.03. The number of ketones is 8. The van der Waals surface area contributed by atoms with E-state index in [4.69, 9.17) is 107 Å². The lowest BCUT2D eigenvalue weighted by molar-refractivity contribution is 0.0976. The second kappa shape index (κ2) is 50.0. The van der Waals surface area contributed by atoms with E-state index in [1.807, 2.05) is 20.0 Å². The molecule has 0 unspecified atom stereocenters. The molecule has 16 aromatic rings. The standard InChI is InChI=1S/C26H23Cl2N3O3S2.C25H19Cl2N3O3S2.C25H20Cl2N2O5S2.C24H18Cl2N2O4S2/c1-14-10-17(30-31(14)3)5-7-21(32)23-8-9-24(36-23)22(33)12-29-15(2)18-13-35-26(25(18)34)16-4-6-19(27)20(28)11-16;1-14(17-13-34-25(24(17)33)15-2-4-18(26)19(27)10-15)30-12-21(32)23-7-6-22(35-23)20(31)5-3-16-11-28-8-9-29-16;1-13(16-12-35-25(24(16)32)14-3-5-17(26)18(27)9-14)28-11-20(31)22-8-7-21(36-22)19(30)6-4-15-10-23(33-2)29-34-15;1-13(16-12-33-24(23(16)31)14-2-4-17(25)18(26)10-14)27-11-20(30)22-7-6-21(34-22)19(29)5-3-15-8-9-28-32-15/h4,6,8-11,13,34H,5,7,12H2,1-3H3;2,4,6-11,13,33H,3,5,12H2,1H3;3,5,7-10,12,32H,4,6,11H2,1-2H3;2,4,6-10,12,31H,3,5,11H2,1H3. The molecule has 16 rings (SSSR count). The molecule has 25 nitrogen and oxygen atoms in total. The van der Waals surface area contributed by atoms with E-state index in [0.29, 0.717) is 200 Å². The first-order chi connectivity index (χ1) is 67.6. The van der Waals surface area contributed by atoms with Crippen molar-refractivity contribution in [2.24, 2.45) is 27.0 Å². The van der Waals surface area contributed by atoms with Crippen LogP contribution in [0.4, 0.5) is 0 Å². The van der Waals surface area contributed by atoms with Gasteiger partial charge >= 0.3 is 0 Å². The number of hydrogen-bond acceptors (Lipinski definition) is 32. The highest BCUT2D eigenvalue weighted by Gasteiger charge is 2.26. The Balaban J connectivity index is 0.000000158. The van der Waals surface area contributed by atoms with Crippen molar-refractivity contribution in [3.63, 3.8) is 0 Å². The van der Waals surface area contributed by atoms with Gasteiger partial charge in [-0.2, -0.15) is 5.10 Å². The van der Waals surface area contributed by atoms with Crippen LogP contribution in [0.15, 0.2) is 215 Å². The van der Waals surface area contributed by atoms with Crippen LogP contribution < -0.4 is 4.74 Å². The molecule has 4 aromatic carbocycles. The second-order valence-corrected chi connectivity index (χ2v) is 42.0. The number of rotatable bonds is 37. The smallest absolute Gasteiger partial charge is 0.254 e. The summed E-state index contributed by atoms with van der Waals surface area (Å²) in [6.07, 6.45) is 9.36. The Morgan fingerprint density at radius 2 is 0.681 bits per heavy atom. The summed E-state index contributed by atoms with van der Waals surface area (Å²) in [7, 11) is 3.36. The van der Waals surface area contributed by atoms with E-state index in [9.17, 15) is 58.8 Å². The Morgan fingerprint density at radius 1 is 0.369 bits per heavy atom. The fourth-order valence-electron chi connectivity index (χ4n) is 13.3. The summed E-state index contributed by atoms with van der Waals surface area (Å²) in [6, 6.07) is 39.2. The van der Waals surface area contributed by atoms with E-state index in [0.717, 1.165) is 73.3 Å². The highest BCUT2D eigenvalue weighted by Crippen LogP contribution is 2.46. The zero-order valence-corrected chi connectivity index (χ0v) is 88.0. The Morgan fingerprint density at radius 3 is 0.957 bits per heavy atom. The molecule has 0 aliphatic rings. The van der Waals surface area contributed by atoms with E-state index in [2.05, 4.69) is 45.3 Å². The number of methoxy groups -OCH3 is 1. The molecule has 12 aromatic heterocycles. The van der Waals surface area contributed by atoms with Gasteiger partial charge in [0, 0.05) is 149 Å². The number of aliphatic imine (C=N–C) groups is 4. The van der Waals surface area contributed by atoms with Gasteiger partial charge in [0.25, 0.3) is 5.88 Å². The van der Waals surface area contributed by atoms with Crippen molar-refractivity contribution in [2.75, 3.05) is 33.3 Å². The van der Waals surface area contributed by atoms with Crippen molar-refractivity contribution >= 4 is 253 Å². The van der Waals surface area contributed by atoms with Crippen LogP contribution in [0.1, 0.15) is 182 Å². The summed E-state index contributed by atoms with van der Waals surface area (Å²) < 4.78 is 16.9. The number of ether oxygens (including phenoxy) is 1. The fraction of sp³-hybridized carbons (Fsp3) is 0.190. The number of halogens is 8. The van der Waals surface area contributed by atoms with Crippen LogP contribution in [-0.4, -0.2) is 153 Å². The molecular formula is C100H80Cl8N10O15S8. The van der Waals surface area contributed by atoms with Crippen molar-refractivity contribution in [1.29, 1.82) is 0 Å². The number of nitrogens with zero attached hydrogens (tertiary/aromatic N) is 10. The summed E-state index contributed by atoms with van der Waals surface area (Å²) in [5.41, 5.74) is 9.97. The highest BCUT2D eigenvalue weighted by atomic mass is 35.5. The highest BCUT2D eigenvalue weighted by molar-refractivity contribution is 7.18. The Hall–Kier alpha value is -11.5. The summed E-state index contributed by atoms with van der Waals surface area (Å²) >= 11 is 58.4. The van der Waals surface area contributed by atoms with Gasteiger partial charge in [-0.05, 0) is 178 Å². The van der Waals surface area contributed by atoms with E-state index in [-0.39, 0.29) is 108 Å². The van der Waals surface area contributed by atoms with E-state index < -0.39 is 0 Å².